The standard InChI is InChI=1S/C8H12N2S2/c9-12-8-3-1-7(2-4-8)5-6-10-11/h1-4,10-11H,5-6,9H2. The number of benzene rings is 1. The summed E-state index contributed by atoms with van der Waals surface area (Å²) in [5.74, 6) is 0. The van der Waals surface area contributed by atoms with Crippen molar-refractivity contribution in [1.82, 2.24) is 4.72 Å². The maximum atomic E-state index is 5.39. The van der Waals surface area contributed by atoms with Gasteiger partial charge in [0.1, 0.15) is 0 Å². The predicted octanol–water partition coefficient (Wildman–Crippen LogP) is 1.63. The number of thiol groups is 1. The lowest BCUT2D eigenvalue weighted by Crippen LogP contribution is -2.04. The second-order valence-electron chi connectivity index (χ2n) is 2.42. The zero-order chi connectivity index (χ0) is 8.81. The molecule has 12 heavy (non-hydrogen) atoms. The molecule has 0 aliphatic heterocycles. The van der Waals surface area contributed by atoms with Crippen LogP contribution in [0.1, 0.15) is 5.56 Å². The fourth-order valence-corrected chi connectivity index (χ4v) is 1.34. The SMILES string of the molecule is NSc1ccc(CCNS)cc1. The number of nitrogens with two attached hydrogens (primary N) is 1. The maximum absolute atomic E-state index is 5.39. The Hall–Kier alpha value is -0.160. The van der Waals surface area contributed by atoms with E-state index in [-0.39, 0.29) is 0 Å². The zero-order valence-electron chi connectivity index (χ0n) is 6.66. The molecule has 1 aromatic carbocycles. The third-order valence-corrected chi connectivity index (χ3v) is 2.35. The summed E-state index contributed by atoms with van der Waals surface area (Å²) < 4.78 is 2.81. The molecule has 0 fully saturated rings. The van der Waals surface area contributed by atoms with Crippen LogP contribution in [0.5, 0.6) is 0 Å². The monoisotopic (exact) mass is 200 g/mol. The van der Waals surface area contributed by atoms with Gasteiger partial charge in [0.15, 0.2) is 0 Å². The third-order valence-electron chi connectivity index (χ3n) is 1.58. The molecular formula is C8H12N2S2. The molecule has 1 rings (SSSR count). The first-order valence-corrected chi connectivity index (χ1v) is 5.02. The highest BCUT2D eigenvalue weighted by atomic mass is 32.2. The Labute approximate surface area is 82.6 Å². The average molecular weight is 200 g/mol. The van der Waals surface area contributed by atoms with Crippen LogP contribution in [0.3, 0.4) is 0 Å². The van der Waals surface area contributed by atoms with Gasteiger partial charge in [0.05, 0.1) is 0 Å². The predicted molar refractivity (Wildman–Crippen MR) is 57.2 cm³/mol. The highest BCUT2D eigenvalue weighted by Crippen LogP contribution is 2.12. The van der Waals surface area contributed by atoms with Crippen LogP contribution in [-0.4, -0.2) is 6.54 Å². The number of hydrogen-bond donors (Lipinski definition) is 3. The molecule has 0 aromatic heterocycles. The molecule has 0 saturated carbocycles. The Morgan fingerprint density at radius 1 is 1.33 bits per heavy atom. The Morgan fingerprint density at radius 2 is 2.00 bits per heavy atom. The molecule has 66 valence electrons. The molecular weight excluding hydrogens is 188 g/mol. The van der Waals surface area contributed by atoms with E-state index in [0.29, 0.717) is 0 Å². The van der Waals surface area contributed by atoms with E-state index in [1.165, 1.54) is 17.5 Å². The Kier molecular flexibility index (Phi) is 4.53. The van der Waals surface area contributed by atoms with Crippen LogP contribution >= 0.6 is 24.8 Å². The van der Waals surface area contributed by atoms with E-state index in [9.17, 15) is 0 Å². The van der Waals surface area contributed by atoms with E-state index in [1.54, 1.807) is 0 Å². The molecule has 0 radical (unpaired) electrons. The molecule has 0 amide bonds. The summed E-state index contributed by atoms with van der Waals surface area (Å²) in [6.07, 6.45) is 0.999. The van der Waals surface area contributed by atoms with Gasteiger partial charge >= 0.3 is 0 Å². The van der Waals surface area contributed by atoms with Crippen molar-refractivity contribution in [2.24, 2.45) is 5.14 Å². The van der Waals surface area contributed by atoms with Crippen LogP contribution in [-0.2, 0) is 6.42 Å². The second-order valence-corrected chi connectivity index (χ2v) is 3.44. The van der Waals surface area contributed by atoms with E-state index in [2.05, 4.69) is 29.7 Å². The largest absolute Gasteiger partial charge is 0.274 e. The molecule has 2 nitrogen and oxygen atoms in total. The van der Waals surface area contributed by atoms with Gasteiger partial charge in [-0.05, 0) is 36.1 Å². The summed E-state index contributed by atoms with van der Waals surface area (Å²) in [5.41, 5.74) is 1.30. The van der Waals surface area contributed by atoms with Crippen LogP contribution in [0.15, 0.2) is 29.2 Å². The van der Waals surface area contributed by atoms with Crippen molar-refractivity contribution in [2.45, 2.75) is 11.3 Å². The molecule has 4 heteroatoms. The Balaban J connectivity index is 2.53. The van der Waals surface area contributed by atoms with Gasteiger partial charge in [0.25, 0.3) is 0 Å². The topological polar surface area (TPSA) is 38.0 Å². The Bertz CT molecular complexity index is 223. The van der Waals surface area contributed by atoms with Gasteiger partial charge < -0.3 is 0 Å². The molecule has 0 unspecified atom stereocenters. The van der Waals surface area contributed by atoms with Crippen LogP contribution in [0.2, 0.25) is 0 Å². The smallest absolute Gasteiger partial charge is 0.0226 e. The van der Waals surface area contributed by atoms with Crippen LogP contribution < -0.4 is 9.86 Å². The molecule has 0 bridgehead atoms. The normalized spacial score (nSPS) is 10.2. The van der Waals surface area contributed by atoms with Gasteiger partial charge in [0, 0.05) is 11.4 Å². The number of hydrogen-bond acceptors (Lipinski definition) is 4. The van der Waals surface area contributed by atoms with Gasteiger partial charge in [-0.25, -0.2) is 0 Å². The minimum atomic E-state index is 0.887. The minimum absolute atomic E-state index is 0.887. The van der Waals surface area contributed by atoms with Crippen molar-refractivity contribution in [3.63, 3.8) is 0 Å². The third kappa shape index (κ3) is 3.06. The summed E-state index contributed by atoms with van der Waals surface area (Å²) in [6.45, 7) is 0.887. The van der Waals surface area contributed by atoms with E-state index >= 15 is 0 Å². The van der Waals surface area contributed by atoms with Gasteiger partial charge in [-0.2, -0.15) is 0 Å². The van der Waals surface area contributed by atoms with Crippen LogP contribution in [0.25, 0.3) is 0 Å². The molecule has 3 N–H and O–H groups in total. The number of nitrogens with one attached hydrogen (secondary N) is 1. The molecule has 0 aliphatic carbocycles. The first kappa shape index (κ1) is 9.92. The highest BCUT2D eigenvalue weighted by molar-refractivity contribution is 7.97. The minimum Gasteiger partial charge on any atom is -0.274 e. The van der Waals surface area contributed by atoms with Crippen molar-refractivity contribution in [2.75, 3.05) is 6.54 Å². The van der Waals surface area contributed by atoms with Crippen LogP contribution in [0, 0.1) is 0 Å². The molecule has 0 aliphatic rings. The zero-order valence-corrected chi connectivity index (χ0v) is 8.37. The van der Waals surface area contributed by atoms with Gasteiger partial charge in [-0.15, -0.1) is 0 Å². The van der Waals surface area contributed by atoms with Gasteiger partial charge in [0.2, 0.25) is 0 Å². The lowest BCUT2D eigenvalue weighted by Gasteiger charge is -2.00. The molecule has 0 heterocycles. The quantitative estimate of drug-likeness (QED) is 0.511. The van der Waals surface area contributed by atoms with Crippen molar-refractivity contribution in [3.05, 3.63) is 29.8 Å². The molecule has 0 spiro atoms. The fraction of sp³-hybridized carbons (Fsp3) is 0.250. The van der Waals surface area contributed by atoms with E-state index in [0.717, 1.165) is 17.9 Å². The fourth-order valence-electron chi connectivity index (χ4n) is 0.935. The van der Waals surface area contributed by atoms with E-state index in [1.807, 2.05) is 12.1 Å². The van der Waals surface area contributed by atoms with Crippen molar-refractivity contribution in [3.8, 4) is 0 Å². The summed E-state index contributed by atoms with van der Waals surface area (Å²) >= 11 is 5.19. The second kappa shape index (κ2) is 5.48. The van der Waals surface area contributed by atoms with Crippen LogP contribution in [0.4, 0.5) is 0 Å². The van der Waals surface area contributed by atoms with E-state index in [4.69, 9.17) is 5.14 Å². The molecule has 0 saturated heterocycles. The van der Waals surface area contributed by atoms with Crippen molar-refractivity contribution < 1.29 is 0 Å². The molecule has 1 aromatic rings. The molecule has 0 atom stereocenters. The summed E-state index contributed by atoms with van der Waals surface area (Å²) in [6, 6.07) is 8.22. The Morgan fingerprint density at radius 3 is 2.50 bits per heavy atom. The summed E-state index contributed by atoms with van der Waals surface area (Å²) in [4.78, 5) is 1.09. The average Bonchev–Trinajstić information content (AvgIpc) is 2.15. The first-order chi connectivity index (χ1) is 5.86. The van der Waals surface area contributed by atoms with E-state index < -0.39 is 0 Å². The summed E-state index contributed by atoms with van der Waals surface area (Å²) in [7, 11) is 0. The van der Waals surface area contributed by atoms with Crippen molar-refractivity contribution >= 4 is 24.8 Å². The lowest BCUT2D eigenvalue weighted by molar-refractivity contribution is 0.912. The lowest BCUT2D eigenvalue weighted by atomic mass is 10.2. The van der Waals surface area contributed by atoms with Gasteiger partial charge in [-0.3, -0.25) is 9.86 Å². The first-order valence-electron chi connectivity index (χ1n) is 3.69. The highest BCUT2D eigenvalue weighted by Gasteiger charge is 1.92. The maximum Gasteiger partial charge on any atom is 0.0226 e. The van der Waals surface area contributed by atoms with Crippen molar-refractivity contribution in [1.29, 1.82) is 0 Å². The van der Waals surface area contributed by atoms with Gasteiger partial charge in [-0.1, -0.05) is 24.9 Å². The summed E-state index contributed by atoms with van der Waals surface area (Å²) in [5, 5.41) is 5.39. The number of rotatable bonds is 4.